The molecule has 1 aromatic rings. The van der Waals surface area contributed by atoms with Crippen LogP contribution in [0.5, 0.6) is 0 Å². The van der Waals surface area contributed by atoms with Gasteiger partial charge in [-0.15, -0.1) is 0 Å². The summed E-state index contributed by atoms with van der Waals surface area (Å²) in [6.07, 6.45) is 19.9. The van der Waals surface area contributed by atoms with Gasteiger partial charge in [0.2, 0.25) is 0 Å². The van der Waals surface area contributed by atoms with Crippen molar-refractivity contribution in [3.8, 4) is 0 Å². The Morgan fingerprint density at radius 3 is 1.89 bits per heavy atom. The molecule has 0 spiro atoms. The predicted octanol–water partition coefficient (Wildman–Crippen LogP) is 7.17. The van der Waals surface area contributed by atoms with Crippen molar-refractivity contribution in [2.75, 3.05) is 13.1 Å². The number of aryl methyl sites for hydroxylation is 1. The molecule has 1 aliphatic rings. The average molecular weight is 372 g/mol. The second kappa shape index (κ2) is 13.8. The van der Waals surface area contributed by atoms with Crippen LogP contribution in [0.1, 0.15) is 113 Å². The average Bonchev–Trinajstić information content (AvgIpc) is 3.23. The predicted molar refractivity (Wildman–Crippen MR) is 116 cm³/mol. The van der Waals surface area contributed by atoms with Crippen molar-refractivity contribution < 1.29 is 4.79 Å². The molecule has 27 heavy (non-hydrogen) atoms. The Morgan fingerprint density at radius 1 is 0.778 bits per heavy atom. The lowest BCUT2D eigenvalue weighted by atomic mass is 9.99. The van der Waals surface area contributed by atoms with Gasteiger partial charge in [0.25, 0.3) is 5.91 Å². The third kappa shape index (κ3) is 8.49. The summed E-state index contributed by atoms with van der Waals surface area (Å²) in [6.45, 7) is 4.15. The van der Waals surface area contributed by atoms with Crippen molar-refractivity contribution in [3.05, 3.63) is 35.4 Å². The molecule has 2 nitrogen and oxygen atoms in total. The zero-order valence-electron chi connectivity index (χ0n) is 17.7. The number of carbonyl (C=O) groups is 1. The number of amides is 1. The third-order valence-electron chi connectivity index (χ3n) is 5.94. The van der Waals surface area contributed by atoms with Gasteiger partial charge in [-0.05, 0) is 37.3 Å². The van der Waals surface area contributed by atoms with Gasteiger partial charge in [-0.1, -0.05) is 95.8 Å². The van der Waals surface area contributed by atoms with Crippen LogP contribution in [0.4, 0.5) is 0 Å². The Bertz CT molecular complexity index is 519. The molecule has 0 N–H and O–H groups in total. The van der Waals surface area contributed by atoms with Crippen molar-refractivity contribution in [3.63, 3.8) is 0 Å². The van der Waals surface area contributed by atoms with E-state index in [1.54, 1.807) is 0 Å². The summed E-state index contributed by atoms with van der Waals surface area (Å²) in [7, 11) is 0. The summed E-state index contributed by atoms with van der Waals surface area (Å²) < 4.78 is 0. The number of benzene rings is 1. The maximum atomic E-state index is 12.7. The number of nitrogens with zero attached hydrogens (tertiary/aromatic N) is 1. The van der Waals surface area contributed by atoms with Gasteiger partial charge in [0.1, 0.15) is 0 Å². The zero-order chi connectivity index (χ0) is 19.2. The molecule has 0 bridgehead atoms. The molecule has 1 aromatic carbocycles. The summed E-state index contributed by atoms with van der Waals surface area (Å²) in [5.41, 5.74) is 2.20. The molecule has 152 valence electrons. The molecule has 2 rings (SSSR count). The minimum absolute atomic E-state index is 0.252. The molecule has 0 unspecified atom stereocenters. The van der Waals surface area contributed by atoms with Crippen LogP contribution in [0.15, 0.2) is 24.3 Å². The van der Waals surface area contributed by atoms with Crippen LogP contribution in [0, 0.1) is 0 Å². The highest BCUT2D eigenvalue weighted by molar-refractivity contribution is 5.95. The molecule has 0 radical (unpaired) electrons. The Labute approximate surface area is 167 Å². The molecule has 1 aliphatic heterocycles. The lowest BCUT2D eigenvalue weighted by molar-refractivity contribution is 0.0791. The highest BCUT2D eigenvalue weighted by Gasteiger charge is 2.21. The fourth-order valence-electron chi connectivity index (χ4n) is 4.19. The fraction of sp³-hybridized carbons (Fsp3) is 0.720. The molecule has 0 aliphatic carbocycles. The maximum Gasteiger partial charge on any atom is 0.254 e. The van der Waals surface area contributed by atoms with E-state index in [2.05, 4.69) is 19.1 Å². The van der Waals surface area contributed by atoms with E-state index in [0.29, 0.717) is 0 Å². The van der Waals surface area contributed by atoms with E-state index < -0.39 is 0 Å². The number of likely N-dealkylation sites (tertiary alicyclic amines) is 1. The maximum absolute atomic E-state index is 12.7. The van der Waals surface area contributed by atoms with E-state index in [1.807, 2.05) is 17.0 Å². The first-order chi connectivity index (χ1) is 13.3. The SMILES string of the molecule is CCCCCCCCCCCCCCc1ccccc1C(=O)N1CCCC1. The first-order valence-corrected chi connectivity index (χ1v) is 11.7. The van der Waals surface area contributed by atoms with Crippen molar-refractivity contribution >= 4 is 5.91 Å². The zero-order valence-corrected chi connectivity index (χ0v) is 17.7. The van der Waals surface area contributed by atoms with Gasteiger partial charge < -0.3 is 4.90 Å². The molecule has 0 atom stereocenters. The van der Waals surface area contributed by atoms with Crippen molar-refractivity contribution in [1.29, 1.82) is 0 Å². The van der Waals surface area contributed by atoms with E-state index in [-0.39, 0.29) is 5.91 Å². The highest BCUT2D eigenvalue weighted by Crippen LogP contribution is 2.19. The lowest BCUT2D eigenvalue weighted by Crippen LogP contribution is -2.28. The first kappa shape index (κ1) is 22.0. The number of carbonyl (C=O) groups excluding carboxylic acids is 1. The van der Waals surface area contributed by atoms with Crippen LogP contribution in [0.25, 0.3) is 0 Å². The molecule has 2 heteroatoms. The largest absolute Gasteiger partial charge is 0.339 e. The summed E-state index contributed by atoms with van der Waals surface area (Å²) in [6, 6.07) is 8.27. The first-order valence-electron chi connectivity index (χ1n) is 11.7. The lowest BCUT2D eigenvalue weighted by Gasteiger charge is -2.17. The Kier molecular flexibility index (Phi) is 11.2. The Balaban J connectivity index is 1.55. The van der Waals surface area contributed by atoms with E-state index in [9.17, 15) is 4.79 Å². The molecule has 1 amide bonds. The standard InChI is InChI=1S/C25H41NO/c1-2-3-4-5-6-7-8-9-10-11-12-13-18-23-19-14-15-20-24(23)25(27)26-21-16-17-22-26/h14-15,19-20H,2-13,16-18,21-22H2,1H3. The normalized spacial score (nSPS) is 14.0. The summed E-state index contributed by atoms with van der Waals surface area (Å²) in [5.74, 6) is 0.252. The summed E-state index contributed by atoms with van der Waals surface area (Å²) in [4.78, 5) is 14.7. The van der Waals surface area contributed by atoms with Crippen LogP contribution < -0.4 is 0 Å². The van der Waals surface area contributed by atoms with Crippen LogP contribution in [-0.4, -0.2) is 23.9 Å². The minimum atomic E-state index is 0.252. The highest BCUT2D eigenvalue weighted by atomic mass is 16.2. The molecule has 1 heterocycles. The molecule has 0 saturated carbocycles. The van der Waals surface area contributed by atoms with Crippen LogP contribution in [-0.2, 0) is 6.42 Å². The monoisotopic (exact) mass is 371 g/mol. The van der Waals surface area contributed by atoms with Gasteiger partial charge in [-0.2, -0.15) is 0 Å². The molecular formula is C25H41NO. The number of hydrogen-bond donors (Lipinski definition) is 0. The van der Waals surface area contributed by atoms with Crippen molar-refractivity contribution in [2.24, 2.45) is 0 Å². The smallest absolute Gasteiger partial charge is 0.254 e. The van der Waals surface area contributed by atoms with Crippen LogP contribution in [0.3, 0.4) is 0 Å². The number of unbranched alkanes of at least 4 members (excludes halogenated alkanes) is 11. The molecule has 1 saturated heterocycles. The number of hydrogen-bond acceptors (Lipinski definition) is 1. The van der Waals surface area contributed by atoms with E-state index in [4.69, 9.17) is 0 Å². The Hall–Kier alpha value is -1.31. The van der Waals surface area contributed by atoms with Gasteiger partial charge in [0.05, 0.1) is 0 Å². The van der Waals surface area contributed by atoms with Crippen molar-refractivity contribution in [2.45, 2.75) is 103 Å². The second-order valence-electron chi connectivity index (χ2n) is 8.30. The fourth-order valence-corrected chi connectivity index (χ4v) is 4.19. The summed E-state index contributed by atoms with van der Waals surface area (Å²) >= 11 is 0. The topological polar surface area (TPSA) is 20.3 Å². The van der Waals surface area contributed by atoms with E-state index in [1.165, 1.54) is 82.6 Å². The Morgan fingerprint density at radius 2 is 1.30 bits per heavy atom. The molecular weight excluding hydrogens is 330 g/mol. The van der Waals surface area contributed by atoms with E-state index >= 15 is 0 Å². The third-order valence-corrected chi connectivity index (χ3v) is 5.94. The van der Waals surface area contributed by atoms with Gasteiger partial charge in [0.15, 0.2) is 0 Å². The van der Waals surface area contributed by atoms with Crippen LogP contribution >= 0.6 is 0 Å². The second-order valence-corrected chi connectivity index (χ2v) is 8.30. The van der Waals surface area contributed by atoms with Gasteiger partial charge in [0, 0.05) is 18.7 Å². The van der Waals surface area contributed by atoms with Gasteiger partial charge >= 0.3 is 0 Å². The molecule has 0 aromatic heterocycles. The quantitative estimate of drug-likeness (QED) is 0.317. The molecule has 1 fully saturated rings. The minimum Gasteiger partial charge on any atom is -0.339 e. The summed E-state index contributed by atoms with van der Waals surface area (Å²) in [5, 5.41) is 0. The van der Waals surface area contributed by atoms with Crippen molar-refractivity contribution in [1.82, 2.24) is 4.90 Å². The van der Waals surface area contributed by atoms with Crippen LogP contribution in [0.2, 0.25) is 0 Å². The van der Waals surface area contributed by atoms with Gasteiger partial charge in [-0.3, -0.25) is 4.79 Å². The van der Waals surface area contributed by atoms with E-state index in [0.717, 1.165) is 37.9 Å². The number of rotatable bonds is 14. The van der Waals surface area contributed by atoms with Gasteiger partial charge in [-0.25, -0.2) is 0 Å².